The number of aromatic nitrogens is 2. The topological polar surface area (TPSA) is 85.0 Å². The predicted molar refractivity (Wildman–Crippen MR) is 103 cm³/mol. The van der Waals surface area contributed by atoms with Crippen molar-refractivity contribution in [2.24, 2.45) is 12.5 Å². The lowest BCUT2D eigenvalue weighted by atomic mass is 9.66. The van der Waals surface area contributed by atoms with Crippen molar-refractivity contribution in [3.8, 4) is 0 Å². The zero-order valence-corrected chi connectivity index (χ0v) is 15.9. The van der Waals surface area contributed by atoms with E-state index >= 15 is 0 Å². The number of nitrogen functional groups attached to an aromatic ring is 1. The maximum atomic E-state index is 13.3. The Morgan fingerprint density at radius 2 is 2.11 bits per heavy atom. The number of halogens is 2. The molecule has 1 aliphatic heterocycles. The van der Waals surface area contributed by atoms with Crippen LogP contribution in [0.3, 0.4) is 0 Å². The minimum absolute atomic E-state index is 0.0427. The van der Waals surface area contributed by atoms with Crippen molar-refractivity contribution in [3.05, 3.63) is 40.3 Å². The van der Waals surface area contributed by atoms with Gasteiger partial charge in [0, 0.05) is 31.7 Å². The van der Waals surface area contributed by atoms with Crippen molar-refractivity contribution in [2.45, 2.75) is 31.6 Å². The minimum atomic E-state index is -0.530. The van der Waals surface area contributed by atoms with Gasteiger partial charge in [-0.15, -0.1) is 0 Å². The van der Waals surface area contributed by atoms with Crippen LogP contribution in [0.15, 0.2) is 18.2 Å². The van der Waals surface area contributed by atoms with Gasteiger partial charge in [0.25, 0.3) is 5.91 Å². The highest BCUT2D eigenvalue weighted by Crippen LogP contribution is 2.46. The maximum absolute atomic E-state index is 13.3. The van der Waals surface area contributed by atoms with E-state index in [0.29, 0.717) is 22.5 Å². The Morgan fingerprint density at radius 3 is 2.70 bits per heavy atom. The quantitative estimate of drug-likeness (QED) is 0.749. The number of aryl methyl sites for hydroxylation is 1. The van der Waals surface area contributed by atoms with E-state index in [9.17, 15) is 9.18 Å². The minimum Gasteiger partial charge on any atom is -0.383 e. The van der Waals surface area contributed by atoms with Crippen molar-refractivity contribution in [3.63, 3.8) is 0 Å². The summed E-state index contributed by atoms with van der Waals surface area (Å²) in [5, 5.41) is 10.6. The zero-order chi connectivity index (χ0) is 19.2. The van der Waals surface area contributed by atoms with E-state index in [1.807, 2.05) is 0 Å². The second-order valence-electron chi connectivity index (χ2n) is 7.73. The van der Waals surface area contributed by atoms with Crippen molar-refractivity contribution >= 4 is 29.0 Å². The lowest BCUT2D eigenvalue weighted by Crippen LogP contribution is -2.54. The zero-order valence-electron chi connectivity index (χ0n) is 15.2. The van der Waals surface area contributed by atoms with Gasteiger partial charge in [-0.25, -0.2) is 4.39 Å². The molecular weight excluding hydrogens is 369 g/mol. The Kier molecular flexibility index (Phi) is 4.60. The summed E-state index contributed by atoms with van der Waals surface area (Å²) in [6, 6.07) is 4.08. The number of carbonyl (C=O) groups excluding carboxylic acids is 1. The second kappa shape index (κ2) is 6.80. The molecule has 0 atom stereocenters. The molecule has 2 heterocycles. The highest BCUT2D eigenvalue weighted by Gasteiger charge is 2.41. The molecule has 1 aliphatic carbocycles. The molecule has 144 valence electrons. The van der Waals surface area contributed by atoms with Crippen LogP contribution in [-0.4, -0.2) is 28.8 Å². The largest absolute Gasteiger partial charge is 0.383 e. The third-order valence-electron chi connectivity index (χ3n) is 5.96. The first-order chi connectivity index (χ1) is 12.9. The van der Waals surface area contributed by atoms with Crippen LogP contribution in [0, 0.1) is 11.2 Å². The summed E-state index contributed by atoms with van der Waals surface area (Å²) >= 11 is 5.81. The summed E-state index contributed by atoms with van der Waals surface area (Å²) in [7, 11) is 1.74. The summed E-state index contributed by atoms with van der Waals surface area (Å²) in [5.74, 6) is -0.319. The third-order valence-corrected chi connectivity index (χ3v) is 6.25. The molecule has 2 fully saturated rings. The van der Waals surface area contributed by atoms with Crippen LogP contribution in [0.1, 0.15) is 47.7 Å². The third kappa shape index (κ3) is 3.30. The molecule has 1 spiro atoms. The van der Waals surface area contributed by atoms with Gasteiger partial charge in [0.05, 0.1) is 10.7 Å². The van der Waals surface area contributed by atoms with Gasteiger partial charge >= 0.3 is 0 Å². The molecule has 1 aromatic heterocycles. The Bertz CT molecular complexity index is 882. The molecule has 4 N–H and O–H groups in total. The Labute approximate surface area is 162 Å². The number of amides is 1. The molecule has 6 nitrogen and oxygen atoms in total. The Morgan fingerprint density at radius 1 is 1.41 bits per heavy atom. The van der Waals surface area contributed by atoms with Crippen LogP contribution in [0.5, 0.6) is 0 Å². The first kappa shape index (κ1) is 18.3. The first-order valence-electron chi connectivity index (χ1n) is 9.18. The van der Waals surface area contributed by atoms with Gasteiger partial charge in [0.15, 0.2) is 0 Å². The van der Waals surface area contributed by atoms with E-state index in [1.165, 1.54) is 18.2 Å². The van der Waals surface area contributed by atoms with Crippen molar-refractivity contribution in [1.29, 1.82) is 0 Å². The lowest BCUT2D eigenvalue weighted by Gasteiger charge is -2.47. The number of hydrogen-bond donors (Lipinski definition) is 3. The smallest absolute Gasteiger partial charge is 0.261 e. The number of rotatable bonds is 3. The molecule has 0 radical (unpaired) electrons. The number of nitrogens with zero attached hydrogens (tertiary/aromatic N) is 2. The monoisotopic (exact) mass is 391 g/mol. The SMILES string of the molecule is Cn1nc(C2CCC3(CC2)CNC3)c(C(=O)Nc2ccc(F)c(Cl)c2)c1N. The summed E-state index contributed by atoms with van der Waals surface area (Å²) in [4.78, 5) is 12.9. The summed E-state index contributed by atoms with van der Waals surface area (Å²) < 4.78 is 14.9. The summed E-state index contributed by atoms with van der Waals surface area (Å²) in [6.45, 7) is 2.17. The second-order valence-corrected chi connectivity index (χ2v) is 8.14. The molecule has 2 aromatic rings. The number of nitrogens with one attached hydrogen (secondary N) is 2. The maximum Gasteiger partial charge on any atom is 0.261 e. The summed E-state index contributed by atoms with van der Waals surface area (Å²) in [6.07, 6.45) is 4.27. The number of hydrogen-bond acceptors (Lipinski definition) is 4. The van der Waals surface area contributed by atoms with Gasteiger partial charge in [-0.2, -0.15) is 5.10 Å². The van der Waals surface area contributed by atoms with E-state index in [4.69, 9.17) is 17.3 Å². The Hall–Kier alpha value is -2.12. The fraction of sp³-hybridized carbons (Fsp3) is 0.474. The molecular formula is C19H23ClFN5O. The molecule has 27 heavy (non-hydrogen) atoms. The number of benzene rings is 1. The summed E-state index contributed by atoms with van der Waals surface area (Å²) in [5.41, 5.74) is 8.17. The molecule has 1 aromatic carbocycles. The van der Waals surface area contributed by atoms with Crippen molar-refractivity contribution in [2.75, 3.05) is 24.1 Å². The van der Waals surface area contributed by atoms with E-state index in [2.05, 4.69) is 15.7 Å². The van der Waals surface area contributed by atoms with Crippen LogP contribution in [0.25, 0.3) is 0 Å². The van der Waals surface area contributed by atoms with E-state index < -0.39 is 5.82 Å². The molecule has 1 amide bonds. The highest BCUT2D eigenvalue weighted by molar-refractivity contribution is 6.31. The van der Waals surface area contributed by atoms with Crippen molar-refractivity contribution < 1.29 is 9.18 Å². The van der Waals surface area contributed by atoms with Crippen LogP contribution in [0.2, 0.25) is 5.02 Å². The normalized spacial score (nSPS) is 19.1. The number of carbonyl (C=O) groups is 1. The van der Waals surface area contributed by atoms with Gasteiger partial charge in [0.2, 0.25) is 0 Å². The number of nitrogens with two attached hydrogens (primary N) is 1. The highest BCUT2D eigenvalue weighted by atomic mass is 35.5. The van der Waals surface area contributed by atoms with Gasteiger partial charge in [0.1, 0.15) is 17.2 Å². The standard InChI is InChI=1S/C19H23ClFN5O/c1-26-17(22)15(18(27)24-12-2-3-14(21)13(20)8-12)16(25-26)11-4-6-19(7-5-11)9-23-10-19/h2-3,8,11,23H,4-7,9-10,22H2,1H3,(H,24,27). The molecule has 8 heteroatoms. The van der Waals surface area contributed by atoms with E-state index in [0.717, 1.165) is 44.5 Å². The molecule has 0 bridgehead atoms. The van der Waals surface area contributed by atoms with Crippen molar-refractivity contribution in [1.82, 2.24) is 15.1 Å². The van der Waals surface area contributed by atoms with Gasteiger partial charge in [-0.1, -0.05) is 11.6 Å². The van der Waals surface area contributed by atoms with Crippen LogP contribution >= 0.6 is 11.6 Å². The molecule has 0 unspecified atom stereocenters. The van der Waals surface area contributed by atoms with Crippen LogP contribution in [-0.2, 0) is 7.05 Å². The number of anilines is 2. The van der Waals surface area contributed by atoms with E-state index in [-0.39, 0.29) is 16.8 Å². The first-order valence-corrected chi connectivity index (χ1v) is 9.56. The molecule has 1 saturated carbocycles. The lowest BCUT2D eigenvalue weighted by molar-refractivity contribution is 0.0955. The van der Waals surface area contributed by atoms with Gasteiger partial charge < -0.3 is 16.4 Å². The Balaban J connectivity index is 1.56. The van der Waals surface area contributed by atoms with Crippen LogP contribution in [0.4, 0.5) is 15.9 Å². The average molecular weight is 392 g/mol. The molecule has 2 aliphatic rings. The van der Waals surface area contributed by atoms with E-state index in [1.54, 1.807) is 11.7 Å². The predicted octanol–water partition coefficient (Wildman–Crippen LogP) is 3.29. The average Bonchev–Trinajstić information content (AvgIpc) is 2.92. The van der Waals surface area contributed by atoms with Crippen LogP contribution < -0.4 is 16.4 Å². The van der Waals surface area contributed by atoms with Gasteiger partial charge in [-0.3, -0.25) is 9.48 Å². The molecule has 4 rings (SSSR count). The fourth-order valence-corrected chi connectivity index (χ4v) is 4.36. The molecule has 1 saturated heterocycles. The fourth-order valence-electron chi connectivity index (χ4n) is 4.18. The van der Waals surface area contributed by atoms with Gasteiger partial charge in [-0.05, 0) is 49.3 Å².